The number of nitrogens with zero attached hydrogens (tertiary/aromatic N) is 1. The van der Waals surface area contributed by atoms with E-state index in [1.807, 2.05) is 6.08 Å². The van der Waals surface area contributed by atoms with Crippen LogP contribution in [0.4, 0.5) is 4.79 Å². The first kappa shape index (κ1) is 12.9. The molecule has 2 aliphatic rings. The summed E-state index contributed by atoms with van der Waals surface area (Å²) in [5, 5.41) is 9.11. The smallest absolute Gasteiger partial charge is 0.407 e. The van der Waals surface area contributed by atoms with Crippen LogP contribution >= 0.6 is 0 Å². The minimum absolute atomic E-state index is 0.466. The molecule has 0 radical (unpaired) electrons. The van der Waals surface area contributed by atoms with Crippen LogP contribution in [0.1, 0.15) is 28.7 Å². The predicted octanol–water partition coefficient (Wildman–Crippen LogP) is 3.13. The Kier molecular flexibility index (Phi) is 3.32. The van der Waals surface area contributed by atoms with E-state index in [4.69, 9.17) is 9.84 Å². The number of hydrogen-bond acceptors (Lipinski definition) is 2. The largest absolute Gasteiger partial charge is 0.465 e. The summed E-state index contributed by atoms with van der Waals surface area (Å²) in [6.07, 6.45) is 3.97. The van der Waals surface area contributed by atoms with E-state index in [-0.39, 0.29) is 0 Å². The van der Waals surface area contributed by atoms with Crippen molar-refractivity contribution in [3.05, 3.63) is 47.0 Å². The molecule has 104 valence electrons. The van der Waals surface area contributed by atoms with Gasteiger partial charge in [0.1, 0.15) is 0 Å². The summed E-state index contributed by atoms with van der Waals surface area (Å²) in [5.74, 6) is 0. The van der Waals surface area contributed by atoms with Crippen molar-refractivity contribution < 1.29 is 14.6 Å². The van der Waals surface area contributed by atoms with Crippen molar-refractivity contribution in [2.75, 3.05) is 13.2 Å². The molecule has 0 unspecified atom stereocenters. The summed E-state index contributed by atoms with van der Waals surface area (Å²) in [5.41, 5.74) is 5.68. The van der Waals surface area contributed by atoms with E-state index in [9.17, 15) is 4.79 Å². The molecule has 0 atom stereocenters. The van der Waals surface area contributed by atoms with Gasteiger partial charge in [0, 0.05) is 13.1 Å². The summed E-state index contributed by atoms with van der Waals surface area (Å²) in [6.45, 7) is 6.19. The Bertz CT molecular complexity index is 604. The molecule has 0 spiro atoms. The number of fused-ring (bicyclic) bond motifs is 1. The highest BCUT2D eigenvalue weighted by atomic mass is 16.5. The fraction of sp³-hybridized carbons (Fsp3) is 0.312. The minimum atomic E-state index is -0.867. The molecule has 1 aromatic rings. The minimum Gasteiger partial charge on any atom is -0.465 e. The Morgan fingerprint density at radius 3 is 2.70 bits per heavy atom. The second-order valence-electron chi connectivity index (χ2n) is 5.11. The maximum atomic E-state index is 11.1. The van der Waals surface area contributed by atoms with E-state index < -0.39 is 6.09 Å². The van der Waals surface area contributed by atoms with Crippen molar-refractivity contribution in [2.45, 2.75) is 19.5 Å². The van der Waals surface area contributed by atoms with Gasteiger partial charge < -0.3 is 9.84 Å². The first-order chi connectivity index (χ1) is 9.69. The molecule has 1 amide bonds. The maximum absolute atomic E-state index is 11.1. The van der Waals surface area contributed by atoms with E-state index >= 15 is 0 Å². The number of carboxylic acid groups (broad SMARTS) is 1. The molecule has 0 saturated carbocycles. The van der Waals surface area contributed by atoms with Gasteiger partial charge in [0.05, 0.1) is 13.2 Å². The lowest BCUT2D eigenvalue weighted by atomic mass is 9.92. The number of benzene rings is 1. The highest BCUT2D eigenvalue weighted by molar-refractivity contribution is 5.76. The molecule has 2 aliphatic heterocycles. The van der Waals surface area contributed by atoms with Crippen molar-refractivity contribution in [3.8, 4) is 0 Å². The van der Waals surface area contributed by atoms with Crippen LogP contribution < -0.4 is 0 Å². The van der Waals surface area contributed by atoms with Gasteiger partial charge >= 0.3 is 6.09 Å². The topological polar surface area (TPSA) is 49.8 Å². The number of amides is 1. The SMILES string of the molecule is C=Cc1cc2c(cc1C1=CCOCC1)CN(C(=O)O)C2. The molecular formula is C16H17NO3. The molecule has 0 saturated heterocycles. The van der Waals surface area contributed by atoms with Gasteiger partial charge in [0.15, 0.2) is 0 Å². The van der Waals surface area contributed by atoms with Crippen molar-refractivity contribution in [3.63, 3.8) is 0 Å². The highest BCUT2D eigenvalue weighted by Crippen LogP contribution is 2.32. The number of ether oxygens (including phenoxy) is 1. The number of carbonyl (C=O) groups is 1. The molecular weight excluding hydrogens is 254 g/mol. The van der Waals surface area contributed by atoms with Crippen LogP contribution in [0.25, 0.3) is 11.6 Å². The molecule has 3 rings (SSSR count). The van der Waals surface area contributed by atoms with Gasteiger partial charge in [-0.1, -0.05) is 18.7 Å². The zero-order valence-corrected chi connectivity index (χ0v) is 11.3. The normalized spacial score (nSPS) is 17.6. The third kappa shape index (κ3) is 2.23. The van der Waals surface area contributed by atoms with Crippen LogP contribution in [-0.4, -0.2) is 29.3 Å². The van der Waals surface area contributed by atoms with Crippen LogP contribution in [0.3, 0.4) is 0 Å². The number of rotatable bonds is 2. The molecule has 0 fully saturated rings. The van der Waals surface area contributed by atoms with Crippen LogP contribution in [0.2, 0.25) is 0 Å². The Morgan fingerprint density at radius 1 is 1.35 bits per heavy atom. The van der Waals surface area contributed by atoms with E-state index in [1.165, 1.54) is 10.5 Å². The van der Waals surface area contributed by atoms with Crippen molar-refractivity contribution in [1.29, 1.82) is 0 Å². The van der Waals surface area contributed by atoms with E-state index in [0.717, 1.165) is 35.3 Å². The van der Waals surface area contributed by atoms with Crippen LogP contribution in [0.5, 0.6) is 0 Å². The van der Waals surface area contributed by atoms with Crippen molar-refractivity contribution in [2.24, 2.45) is 0 Å². The van der Waals surface area contributed by atoms with Crippen LogP contribution in [0.15, 0.2) is 24.8 Å². The molecule has 2 heterocycles. The van der Waals surface area contributed by atoms with Gasteiger partial charge in [-0.3, -0.25) is 4.90 Å². The van der Waals surface area contributed by atoms with Gasteiger partial charge in [-0.25, -0.2) is 4.79 Å². The van der Waals surface area contributed by atoms with Gasteiger partial charge in [-0.05, 0) is 46.4 Å². The Morgan fingerprint density at radius 2 is 2.10 bits per heavy atom. The second kappa shape index (κ2) is 5.13. The van der Waals surface area contributed by atoms with Crippen LogP contribution in [0, 0.1) is 0 Å². The molecule has 0 bridgehead atoms. The van der Waals surface area contributed by atoms with Gasteiger partial charge in [0.2, 0.25) is 0 Å². The molecule has 20 heavy (non-hydrogen) atoms. The molecule has 0 aliphatic carbocycles. The summed E-state index contributed by atoms with van der Waals surface area (Å²) >= 11 is 0. The first-order valence-corrected chi connectivity index (χ1v) is 6.72. The fourth-order valence-corrected chi connectivity index (χ4v) is 2.82. The van der Waals surface area contributed by atoms with Crippen molar-refractivity contribution >= 4 is 17.7 Å². The lowest BCUT2D eigenvalue weighted by Gasteiger charge is -2.17. The zero-order valence-electron chi connectivity index (χ0n) is 11.3. The third-order valence-corrected chi connectivity index (χ3v) is 3.89. The fourth-order valence-electron chi connectivity index (χ4n) is 2.82. The quantitative estimate of drug-likeness (QED) is 0.899. The molecule has 0 aromatic heterocycles. The standard InChI is InChI=1S/C16H17NO3/c1-2-11-7-13-9-17(16(18)19)10-14(13)8-15(11)12-3-5-20-6-4-12/h2-3,7-8H,1,4-6,9-10H2,(H,18,19). The van der Waals surface area contributed by atoms with E-state index in [0.29, 0.717) is 19.7 Å². The monoisotopic (exact) mass is 271 g/mol. The van der Waals surface area contributed by atoms with Gasteiger partial charge in [0.25, 0.3) is 0 Å². The Hall–Kier alpha value is -2.07. The average molecular weight is 271 g/mol. The first-order valence-electron chi connectivity index (χ1n) is 6.72. The average Bonchev–Trinajstić information content (AvgIpc) is 2.90. The number of hydrogen-bond donors (Lipinski definition) is 1. The predicted molar refractivity (Wildman–Crippen MR) is 77.2 cm³/mol. The van der Waals surface area contributed by atoms with E-state index in [2.05, 4.69) is 24.8 Å². The van der Waals surface area contributed by atoms with Gasteiger partial charge in [-0.2, -0.15) is 0 Å². The molecule has 1 N–H and O–H groups in total. The third-order valence-electron chi connectivity index (χ3n) is 3.89. The van der Waals surface area contributed by atoms with E-state index in [1.54, 1.807) is 0 Å². The summed E-state index contributed by atoms with van der Waals surface area (Å²) < 4.78 is 5.35. The Labute approximate surface area is 118 Å². The Balaban J connectivity index is 2.01. The zero-order chi connectivity index (χ0) is 14.1. The highest BCUT2D eigenvalue weighted by Gasteiger charge is 2.24. The summed E-state index contributed by atoms with van der Waals surface area (Å²) in [4.78, 5) is 12.5. The molecule has 1 aromatic carbocycles. The molecule has 4 nitrogen and oxygen atoms in total. The summed E-state index contributed by atoms with van der Waals surface area (Å²) in [7, 11) is 0. The van der Waals surface area contributed by atoms with Crippen molar-refractivity contribution in [1.82, 2.24) is 4.90 Å². The maximum Gasteiger partial charge on any atom is 0.407 e. The van der Waals surface area contributed by atoms with Crippen LogP contribution in [-0.2, 0) is 17.8 Å². The summed E-state index contributed by atoms with van der Waals surface area (Å²) in [6, 6.07) is 4.18. The lowest BCUT2D eigenvalue weighted by molar-refractivity contribution is 0.145. The lowest BCUT2D eigenvalue weighted by Crippen LogP contribution is -2.22. The van der Waals surface area contributed by atoms with Gasteiger partial charge in [-0.15, -0.1) is 0 Å². The molecule has 4 heteroatoms. The second-order valence-corrected chi connectivity index (χ2v) is 5.11.